The summed E-state index contributed by atoms with van der Waals surface area (Å²) in [6.07, 6.45) is 2.63. The Morgan fingerprint density at radius 2 is 1.27 bits per heavy atom. The molecule has 3 rings (SSSR count). The molecular weight excluding hydrogens is 506 g/mol. The smallest absolute Gasteiger partial charge is 0.122 e. The predicted molar refractivity (Wildman–Crippen MR) is 159 cm³/mol. The molecule has 40 heavy (non-hydrogen) atoms. The SMILES string of the molecule is Cc1c(OCCCCC[C@H](O)CO)cccc1-c1cccc(OCCCN[C@H](CO)[C@H](O)c2ccccc2)c1C. The van der Waals surface area contributed by atoms with Gasteiger partial charge in [-0.1, -0.05) is 61.0 Å². The summed E-state index contributed by atoms with van der Waals surface area (Å²) >= 11 is 0. The van der Waals surface area contributed by atoms with Gasteiger partial charge in [0, 0.05) is 0 Å². The van der Waals surface area contributed by atoms with Crippen LogP contribution >= 0.6 is 0 Å². The highest BCUT2D eigenvalue weighted by molar-refractivity contribution is 5.74. The summed E-state index contributed by atoms with van der Waals surface area (Å²) in [6.45, 7) is 5.51. The number of hydrogen-bond acceptors (Lipinski definition) is 7. The number of nitrogens with one attached hydrogen (secondary N) is 1. The van der Waals surface area contributed by atoms with Crippen molar-refractivity contribution in [3.8, 4) is 22.6 Å². The topological polar surface area (TPSA) is 111 Å². The lowest BCUT2D eigenvalue weighted by Gasteiger charge is -2.22. The lowest BCUT2D eigenvalue weighted by atomic mass is 9.95. The zero-order valence-corrected chi connectivity index (χ0v) is 23.8. The standard InChI is InChI=1S/C33H45NO6/c1-24-28(15-9-17-31(24)39-20-8-4-7-14-27(37)22-35)29-16-10-18-32(25(29)2)40-21-11-19-34-30(23-36)33(38)26-12-5-3-6-13-26/h3,5-6,9-10,12-13,15-18,27,30,33-38H,4,7-8,11,14,19-23H2,1-2H3/t27-,30+,33+/m0/s1. The van der Waals surface area contributed by atoms with Crippen LogP contribution < -0.4 is 14.8 Å². The molecule has 0 amide bonds. The van der Waals surface area contributed by atoms with Crippen LogP contribution in [-0.2, 0) is 0 Å². The molecule has 0 bridgehead atoms. The molecule has 0 aliphatic rings. The number of hydrogen-bond donors (Lipinski definition) is 5. The van der Waals surface area contributed by atoms with Crippen LogP contribution in [0.1, 0.15) is 54.9 Å². The Morgan fingerprint density at radius 3 is 1.85 bits per heavy atom. The van der Waals surface area contributed by atoms with E-state index in [0.717, 1.165) is 65.0 Å². The summed E-state index contributed by atoms with van der Waals surface area (Å²) in [6, 6.07) is 21.1. The van der Waals surface area contributed by atoms with Crippen LogP contribution in [0.25, 0.3) is 11.1 Å². The second-order valence-electron chi connectivity index (χ2n) is 10.2. The average Bonchev–Trinajstić information content (AvgIpc) is 2.98. The molecule has 0 unspecified atom stereocenters. The second-order valence-corrected chi connectivity index (χ2v) is 10.2. The van der Waals surface area contributed by atoms with Gasteiger partial charge in [-0.3, -0.25) is 0 Å². The molecule has 3 aromatic rings. The maximum atomic E-state index is 10.6. The van der Waals surface area contributed by atoms with Gasteiger partial charge in [0.05, 0.1) is 44.7 Å². The molecule has 0 aromatic heterocycles. The largest absolute Gasteiger partial charge is 0.493 e. The third-order valence-corrected chi connectivity index (χ3v) is 7.21. The fraction of sp³-hybridized carbons (Fsp3) is 0.455. The summed E-state index contributed by atoms with van der Waals surface area (Å²) in [5.74, 6) is 1.69. The first kappa shape index (κ1) is 31.6. The molecule has 0 aliphatic heterocycles. The van der Waals surface area contributed by atoms with Gasteiger partial charge in [0.2, 0.25) is 0 Å². The first-order valence-corrected chi connectivity index (χ1v) is 14.3. The van der Waals surface area contributed by atoms with Gasteiger partial charge >= 0.3 is 0 Å². The zero-order valence-electron chi connectivity index (χ0n) is 23.8. The van der Waals surface area contributed by atoms with Gasteiger partial charge in [-0.2, -0.15) is 0 Å². The maximum Gasteiger partial charge on any atom is 0.122 e. The highest BCUT2D eigenvalue weighted by Gasteiger charge is 2.19. The lowest BCUT2D eigenvalue weighted by Crippen LogP contribution is -2.39. The van der Waals surface area contributed by atoms with E-state index in [1.54, 1.807) is 0 Å². The van der Waals surface area contributed by atoms with Crippen LogP contribution in [0.15, 0.2) is 66.7 Å². The summed E-state index contributed by atoms with van der Waals surface area (Å²) in [4.78, 5) is 0. The fourth-order valence-electron chi connectivity index (χ4n) is 4.76. The van der Waals surface area contributed by atoms with Crippen molar-refractivity contribution in [2.45, 2.75) is 64.2 Å². The van der Waals surface area contributed by atoms with Gasteiger partial charge in [0.15, 0.2) is 0 Å². The molecular formula is C33H45NO6. The Balaban J connectivity index is 1.51. The molecule has 0 fully saturated rings. The van der Waals surface area contributed by atoms with Crippen LogP contribution in [0.5, 0.6) is 11.5 Å². The molecule has 0 radical (unpaired) electrons. The number of unbranched alkanes of at least 4 members (excludes halogenated alkanes) is 2. The minimum atomic E-state index is -0.778. The Morgan fingerprint density at radius 1 is 0.675 bits per heavy atom. The van der Waals surface area contributed by atoms with Crippen molar-refractivity contribution >= 4 is 0 Å². The quantitative estimate of drug-likeness (QED) is 0.146. The number of aliphatic hydroxyl groups excluding tert-OH is 4. The molecule has 0 saturated heterocycles. The van der Waals surface area contributed by atoms with Crippen molar-refractivity contribution < 1.29 is 29.9 Å². The number of benzene rings is 3. The van der Waals surface area contributed by atoms with E-state index in [2.05, 4.69) is 31.3 Å². The molecule has 0 saturated carbocycles. The van der Waals surface area contributed by atoms with Gasteiger partial charge in [0.25, 0.3) is 0 Å². The summed E-state index contributed by atoms with van der Waals surface area (Å²) in [7, 11) is 0. The van der Waals surface area contributed by atoms with Gasteiger partial charge < -0.3 is 35.2 Å². The number of rotatable bonds is 18. The molecule has 5 N–H and O–H groups in total. The van der Waals surface area contributed by atoms with Crippen LogP contribution in [-0.4, -0.2) is 65.5 Å². The monoisotopic (exact) mass is 551 g/mol. The minimum absolute atomic E-state index is 0.158. The predicted octanol–water partition coefficient (Wildman–Crippen LogP) is 4.72. The van der Waals surface area contributed by atoms with Crippen LogP contribution in [0.3, 0.4) is 0 Å². The number of ether oxygens (including phenoxy) is 2. The van der Waals surface area contributed by atoms with Crippen molar-refractivity contribution in [2.75, 3.05) is 33.0 Å². The number of aliphatic hydroxyl groups is 4. The Hall–Kier alpha value is -2.94. The van der Waals surface area contributed by atoms with E-state index in [4.69, 9.17) is 14.6 Å². The molecule has 3 aromatic carbocycles. The molecule has 7 heteroatoms. The van der Waals surface area contributed by atoms with E-state index < -0.39 is 18.2 Å². The molecule has 0 aliphatic carbocycles. The average molecular weight is 552 g/mol. The first-order chi connectivity index (χ1) is 19.5. The molecule has 3 atom stereocenters. The summed E-state index contributed by atoms with van der Waals surface area (Å²) in [5, 5.41) is 41.9. The third-order valence-electron chi connectivity index (χ3n) is 7.21. The van der Waals surface area contributed by atoms with Gasteiger partial charge in [-0.05, 0) is 86.0 Å². The van der Waals surface area contributed by atoms with Crippen molar-refractivity contribution in [1.82, 2.24) is 5.32 Å². The van der Waals surface area contributed by atoms with E-state index in [0.29, 0.717) is 26.2 Å². The van der Waals surface area contributed by atoms with Crippen molar-refractivity contribution in [1.29, 1.82) is 0 Å². The van der Waals surface area contributed by atoms with Crippen molar-refractivity contribution in [3.63, 3.8) is 0 Å². The molecule has 0 heterocycles. The minimum Gasteiger partial charge on any atom is -0.493 e. The highest BCUT2D eigenvalue weighted by Crippen LogP contribution is 2.35. The van der Waals surface area contributed by atoms with Gasteiger partial charge in [-0.25, -0.2) is 0 Å². The van der Waals surface area contributed by atoms with Gasteiger partial charge in [-0.15, -0.1) is 0 Å². The van der Waals surface area contributed by atoms with E-state index in [-0.39, 0.29) is 13.2 Å². The van der Waals surface area contributed by atoms with Crippen molar-refractivity contribution in [2.24, 2.45) is 0 Å². The molecule has 7 nitrogen and oxygen atoms in total. The van der Waals surface area contributed by atoms with E-state index in [9.17, 15) is 15.3 Å². The van der Waals surface area contributed by atoms with E-state index in [1.807, 2.05) is 54.6 Å². The molecule has 218 valence electrons. The van der Waals surface area contributed by atoms with Crippen LogP contribution in [0.2, 0.25) is 0 Å². The Kier molecular flexibility index (Phi) is 13.4. The highest BCUT2D eigenvalue weighted by atomic mass is 16.5. The van der Waals surface area contributed by atoms with Gasteiger partial charge in [0.1, 0.15) is 11.5 Å². The van der Waals surface area contributed by atoms with Crippen molar-refractivity contribution in [3.05, 3.63) is 83.4 Å². The summed E-state index contributed by atoms with van der Waals surface area (Å²) in [5.41, 5.74) is 5.12. The van der Waals surface area contributed by atoms with Crippen LogP contribution in [0.4, 0.5) is 0 Å². The molecule has 0 spiro atoms. The fourth-order valence-corrected chi connectivity index (χ4v) is 4.76. The van der Waals surface area contributed by atoms with E-state index >= 15 is 0 Å². The summed E-state index contributed by atoms with van der Waals surface area (Å²) < 4.78 is 12.2. The lowest BCUT2D eigenvalue weighted by molar-refractivity contribution is 0.0857. The van der Waals surface area contributed by atoms with Crippen LogP contribution in [0, 0.1) is 13.8 Å². The Bertz CT molecular complexity index is 1140. The Labute approximate surface area is 238 Å². The zero-order chi connectivity index (χ0) is 28.7. The third kappa shape index (κ3) is 9.32. The first-order valence-electron chi connectivity index (χ1n) is 14.3. The normalized spacial score (nSPS) is 13.6. The maximum absolute atomic E-state index is 10.6. The second kappa shape index (κ2) is 17.0. The van der Waals surface area contributed by atoms with E-state index in [1.165, 1.54) is 0 Å².